The van der Waals surface area contributed by atoms with Gasteiger partial charge in [-0.3, -0.25) is 0 Å². The van der Waals surface area contributed by atoms with Crippen molar-refractivity contribution >= 4 is 12.0 Å². The van der Waals surface area contributed by atoms with Crippen molar-refractivity contribution in [1.29, 1.82) is 0 Å². The van der Waals surface area contributed by atoms with Crippen LogP contribution in [-0.2, 0) is 9.53 Å². The minimum atomic E-state index is -0.478. The van der Waals surface area contributed by atoms with Crippen molar-refractivity contribution in [3.8, 4) is 0 Å². The van der Waals surface area contributed by atoms with Crippen molar-refractivity contribution in [3.63, 3.8) is 0 Å². The largest absolute Gasteiger partial charge is 0.459 e. The molecule has 1 aromatic rings. The summed E-state index contributed by atoms with van der Waals surface area (Å²) in [5, 5.41) is 5.50. The molecule has 0 bridgehead atoms. The number of benzene rings is 1. The molecular formula is C18H22N2O3. The van der Waals surface area contributed by atoms with E-state index in [1.54, 1.807) is 6.92 Å². The van der Waals surface area contributed by atoms with Gasteiger partial charge in [-0.15, -0.1) is 0 Å². The highest BCUT2D eigenvalue weighted by Crippen LogP contribution is 2.32. The number of esters is 1. The zero-order valence-corrected chi connectivity index (χ0v) is 13.5. The van der Waals surface area contributed by atoms with E-state index in [-0.39, 0.29) is 18.1 Å². The third kappa shape index (κ3) is 3.23. The van der Waals surface area contributed by atoms with Gasteiger partial charge in [0.2, 0.25) is 0 Å². The lowest BCUT2D eigenvalue weighted by Crippen LogP contribution is -2.45. The highest BCUT2D eigenvalue weighted by atomic mass is 16.5. The molecular weight excluding hydrogens is 292 g/mol. The summed E-state index contributed by atoms with van der Waals surface area (Å²) in [5.41, 5.74) is 1.90. The Bertz CT molecular complexity index is 639. The molecule has 5 heteroatoms. The number of hydrogen-bond donors (Lipinski definition) is 2. The van der Waals surface area contributed by atoms with Gasteiger partial charge >= 0.3 is 12.0 Å². The number of rotatable bonds is 3. The van der Waals surface area contributed by atoms with Gasteiger partial charge in [-0.2, -0.15) is 0 Å². The Morgan fingerprint density at radius 2 is 1.96 bits per heavy atom. The van der Waals surface area contributed by atoms with Gasteiger partial charge in [-0.1, -0.05) is 37.3 Å². The van der Waals surface area contributed by atoms with Crippen LogP contribution in [0.15, 0.2) is 41.6 Å². The molecule has 2 N–H and O–H groups in total. The van der Waals surface area contributed by atoms with Gasteiger partial charge in [-0.05, 0) is 37.7 Å². The number of ether oxygens (including phenoxy) is 1. The standard InChI is InChI=1S/C18H22N2O3/c1-11-7-6-10-14(11)23-17(21)15-12(2)19-18(22)20-16(15)13-8-4-3-5-9-13/h3-5,8-9,11,14,16H,6-7,10H2,1-2H3,(H2,19,20,22)/t11-,14-,16+/m0/s1. The Kier molecular flexibility index (Phi) is 4.37. The van der Waals surface area contributed by atoms with Gasteiger partial charge < -0.3 is 15.4 Å². The maximum Gasteiger partial charge on any atom is 0.338 e. The minimum Gasteiger partial charge on any atom is -0.459 e. The van der Waals surface area contributed by atoms with E-state index in [9.17, 15) is 9.59 Å². The smallest absolute Gasteiger partial charge is 0.338 e. The van der Waals surface area contributed by atoms with E-state index in [4.69, 9.17) is 4.74 Å². The number of nitrogens with one attached hydrogen (secondary N) is 2. The second kappa shape index (κ2) is 6.44. The van der Waals surface area contributed by atoms with Crippen molar-refractivity contribution < 1.29 is 14.3 Å². The molecule has 122 valence electrons. The van der Waals surface area contributed by atoms with E-state index in [1.807, 2.05) is 30.3 Å². The lowest BCUT2D eigenvalue weighted by Gasteiger charge is -2.29. The number of carbonyl (C=O) groups is 2. The predicted octanol–water partition coefficient (Wildman–Crippen LogP) is 3.05. The van der Waals surface area contributed by atoms with Crippen LogP contribution in [0.1, 0.15) is 44.7 Å². The zero-order valence-electron chi connectivity index (χ0n) is 13.5. The van der Waals surface area contributed by atoms with E-state index in [0.29, 0.717) is 17.2 Å². The van der Waals surface area contributed by atoms with Crippen LogP contribution in [0.4, 0.5) is 4.79 Å². The lowest BCUT2D eigenvalue weighted by atomic mass is 9.95. The van der Waals surface area contributed by atoms with Crippen LogP contribution in [0, 0.1) is 5.92 Å². The number of hydrogen-bond acceptors (Lipinski definition) is 3. The second-order valence-corrected chi connectivity index (χ2v) is 6.33. The minimum absolute atomic E-state index is 0.0307. The highest BCUT2D eigenvalue weighted by molar-refractivity contribution is 5.95. The molecule has 1 aromatic carbocycles. The van der Waals surface area contributed by atoms with E-state index < -0.39 is 6.04 Å². The van der Waals surface area contributed by atoms with Crippen LogP contribution >= 0.6 is 0 Å². The Hall–Kier alpha value is -2.30. The van der Waals surface area contributed by atoms with Gasteiger partial charge in [0.15, 0.2) is 0 Å². The molecule has 0 saturated heterocycles. The molecule has 0 aromatic heterocycles. The topological polar surface area (TPSA) is 67.4 Å². The van der Waals surface area contributed by atoms with Gasteiger partial charge in [-0.25, -0.2) is 9.59 Å². The molecule has 1 saturated carbocycles. The highest BCUT2D eigenvalue weighted by Gasteiger charge is 2.35. The fraction of sp³-hybridized carbons (Fsp3) is 0.444. The van der Waals surface area contributed by atoms with Gasteiger partial charge in [0.1, 0.15) is 6.10 Å². The Morgan fingerprint density at radius 3 is 2.61 bits per heavy atom. The van der Waals surface area contributed by atoms with Crippen LogP contribution in [0.25, 0.3) is 0 Å². The summed E-state index contributed by atoms with van der Waals surface area (Å²) in [7, 11) is 0. The number of allylic oxidation sites excluding steroid dienone is 1. The molecule has 1 aliphatic carbocycles. The maximum absolute atomic E-state index is 12.7. The van der Waals surface area contributed by atoms with Crippen molar-refractivity contribution in [2.24, 2.45) is 5.92 Å². The number of urea groups is 1. The fourth-order valence-corrected chi connectivity index (χ4v) is 3.35. The van der Waals surface area contributed by atoms with Crippen LogP contribution < -0.4 is 10.6 Å². The molecule has 0 radical (unpaired) electrons. The quantitative estimate of drug-likeness (QED) is 0.843. The summed E-state index contributed by atoms with van der Waals surface area (Å²) >= 11 is 0. The first-order valence-corrected chi connectivity index (χ1v) is 8.10. The van der Waals surface area contributed by atoms with Crippen LogP contribution in [0.2, 0.25) is 0 Å². The molecule has 5 nitrogen and oxygen atoms in total. The summed E-state index contributed by atoms with van der Waals surface area (Å²) in [4.78, 5) is 24.5. The molecule has 1 aliphatic heterocycles. The van der Waals surface area contributed by atoms with E-state index >= 15 is 0 Å². The van der Waals surface area contributed by atoms with Crippen molar-refractivity contribution in [3.05, 3.63) is 47.2 Å². The lowest BCUT2D eigenvalue weighted by molar-refractivity contribution is -0.146. The molecule has 2 aliphatic rings. The number of carbonyl (C=O) groups excluding carboxylic acids is 2. The van der Waals surface area contributed by atoms with E-state index in [1.165, 1.54) is 0 Å². The maximum atomic E-state index is 12.7. The van der Waals surface area contributed by atoms with Crippen LogP contribution in [-0.4, -0.2) is 18.1 Å². The molecule has 23 heavy (non-hydrogen) atoms. The van der Waals surface area contributed by atoms with Crippen molar-refractivity contribution in [1.82, 2.24) is 10.6 Å². The molecule has 2 amide bonds. The molecule has 0 unspecified atom stereocenters. The first-order chi connectivity index (χ1) is 11.1. The Balaban J connectivity index is 1.87. The first-order valence-electron chi connectivity index (χ1n) is 8.10. The Morgan fingerprint density at radius 1 is 1.22 bits per heavy atom. The first kappa shape index (κ1) is 15.6. The molecule has 3 rings (SSSR count). The van der Waals surface area contributed by atoms with E-state index in [0.717, 1.165) is 24.8 Å². The SMILES string of the molecule is CC1=C(C(=O)O[C@H]2CCC[C@@H]2C)[C@@H](c2ccccc2)NC(=O)N1. The summed E-state index contributed by atoms with van der Waals surface area (Å²) in [6.45, 7) is 3.85. The van der Waals surface area contributed by atoms with Crippen molar-refractivity contribution in [2.75, 3.05) is 0 Å². The monoisotopic (exact) mass is 314 g/mol. The molecule has 1 heterocycles. The Labute approximate surface area is 136 Å². The van der Waals surface area contributed by atoms with Crippen LogP contribution in [0.5, 0.6) is 0 Å². The number of amides is 2. The average Bonchev–Trinajstić information content (AvgIpc) is 2.92. The summed E-state index contributed by atoms with van der Waals surface area (Å²) in [5.74, 6) is 0.0452. The summed E-state index contributed by atoms with van der Waals surface area (Å²) in [6.07, 6.45) is 3.06. The van der Waals surface area contributed by atoms with E-state index in [2.05, 4.69) is 17.6 Å². The summed E-state index contributed by atoms with van der Waals surface area (Å²) in [6, 6.07) is 8.70. The van der Waals surface area contributed by atoms with Crippen molar-refractivity contribution in [2.45, 2.75) is 45.3 Å². The molecule has 0 spiro atoms. The normalized spacial score (nSPS) is 27.4. The van der Waals surface area contributed by atoms with Gasteiger partial charge in [0, 0.05) is 5.70 Å². The third-order valence-electron chi connectivity index (χ3n) is 4.66. The van der Waals surface area contributed by atoms with Gasteiger partial charge in [0.25, 0.3) is 0 Å². The molecule has 3 atom stereocenters. The van der Waals surface area contributed by atoms with Crippen LogP contribution in [0.3, 0.4) is 0 Å². The predicted molar refractivity (Wildman–Crippen MR) is 86.4 cm³/mol. The van der Waals surface area contributed by atoms with Gasteiger partial charge in [0.05, 0.1) is 11.6 Å². The molecule has 1 fully saturated rings. The average molecular weight is 314 g/mol. The fourth-order valence-electron chi connectivity index (χ4n) is 3.35. The summed E-state index contributed by atoms with van der Waals surface area (Å²) < 4.78 is 5.73. The zero-order chi connectivity index (χ0) is 16.4. The third-order valence-corrected chi connectivity index (χ3v) is 4.66. The second-order valence-electron chi connectivity index (χ2n) is 6.33.